The fourth-order valence-electron chi connectivity index (χ4n) is 4.60. The van der Waals surface area contributed by atoms with Gasteiger partial charge in [0.2, 0.25) is 5.91 Å². The van der Waals surface area contributed by atoms with E-state index in [-0.39, 0.29) is 47.9 Å². The Bertz CT molecular complexity index is 1680. The number of likely N-dealkylation sites (tertiary alicyclic amines) is 1. The third-order valence-electron chi connectivity index (χ3n) is 7.01. The lowest BCUT2D eigenvalue weighted by molar-refractivity contribution is -0.137. The van der Waals surface area contributed by atoms with Crippen LogP contribution in [0.15, 0.2) is 73.1 Å². The molecule has 0 spiro atoms. The molecule has 228 valence electrons. The van der Waals surface area contributed by atoms with Gasteiger partial charge in [-0.1, -0.05) is 12.1 Å². The highest BCUT2D eigenvalue weighted by Gasteiger charge is 2.36. The van der Waals surface area contributed by atoms with Crippen molar-refractivity contribution in [1.29, 1.82) is 0 Å². The quantitative estimate of drug-likeness (QED) is 0.176. The van der Waals surface area contributed by atoms with Crippen LogP contribution in [-0.2, 0) is 17.5 Å². The van der Waals surface area contributed by atoms with Crippen molar-refractivity contribution < 1.29 is 31.5 Å². The number of carbonyl (C=O) groups excluding carboxylic acids is 2. The molecule has 0 radical (unpaired) electrons. The molecule has 3 aromatic heterocycles. The monoisotopic (exact) mass is 627 g/mol. The van der Waals surface area contributed by atoms with Gasteiger partial charge in [-0.3, -0.25) is 14.6 Å². The highest BCUT2D eigenvalue weighted by molar-refractivity contribution is 7.15. The largest absolute Gasteiger partial charge is 0.417 e. The van der Waals surface area contributed by atoms with E-state index in [1.165, 1.54) is 47.6 Å². The smallest absolute Gasteiger partial charge is 0.384 e. The van der Waals surface area contributed by atoms with E-state index >= 15 is 0 Å². The zero-order chi connectivity index (χ0) is 31.5. The lowest BCUT2D eigenvalue weighted by Gasteiger charge is -2.31. The highest BCUT2D eigenvalue weighted by Crippen LogP contribution is 2.41. The third kappa shape index (κ3) is 7.46. The Morgan fingerprint density at radius 1 is 1.00 bits per heavy atom. The van der Waals surface area contributed by atoms with Crippen LogP contribution in [0.1, 0.15) is 39.2 Å². The van der Waals surface area contributed by atoms with Gasteiger partial charge in [0.05, 0.1) is 23.4 Å². The minimum absolute atomic E-state index is 0.0201. The normalized spacial score (nSPS) is 15.0. The number of piperidine rings is 1. The van der Waals surface area contributed by atoms with Crippen molar-refractivity contribution in [3.8, 4) is 21.7 Å². The number of pyridine rings is 2. The summed E-state index contributed by atoms with van der Waals surface area (Å²) in [5.41, 5.74) is 5.94. The first kappa shape index (κ1) is 30.8. The summed E-state index contributed by atoms with van der Waals surface area (Å²) in [7, 11) is 0. The Morgan fingerprint density at radius 2 is 1.77 bits per heavy atom. The number of amides is 2. The van der Waals surface area contributed by atoms with Gasteiger partial charge in [-0.05, 0) is 54.1 Å². The summed E-state index contributed by atoms with van der Waals surface area (Å²) in [6.45, 7) is -0.0390. The summed E-state index contributed by atoms with van der Waals surface area (Å²) >= 11 is 1.13. The molecule has 0 atom stereocenters. The number of carbonyl (C=O) groups is 2. The van der Waals surface area contributed by atoms with Crippen LogP contribution in [0.5, 0.6) is 0 Å². The van der Waals surface area contributed by atoms with Crippen molar-refractivity contribution in [1.82, 2.24) is 20.2 Å². The zero-order valence-electron chi connectivity index (χ0n) is 23.1. The lowest BCUT2D eigenvalue weighted by atomic mass is 10.00. The fraction of sp³-hybridized carbons (Fsp3) is 0.226. The topological polar surface area (TPSA) is 101 Å². The number of hydrogen-bond acceptors (Lipinski definition) is 6. The maximum Gasteiger partial charge on any atom is 0.417 e. The number of benzene rings is 1. The molecule has 1 saturated heterocycles. The van der Waals surface area contributed by atoms with E-state index < -0.39 is 36.4 Å². The first-order valence-electron chi connectivity index (χ1n) is 13.5. The van der Waals surface area contributed by atoms with Crippen LogP contribution >= 0.6 is 11.3 Å². The Morgan fingerprint density at radius 3 is 2.43 bits per heavy atom. The molecule has 0 saturated carbocycles. The van der Waals surface area contributed by atoms with Gasteiger partial charge in [0, 0.05) is 65.3 Å². The number of nitrogen functional groups attached to an aromatic ring is 1. The predicted molar refractivity (Wildman–Crippen MR) is 158 cm³/mol. The van der Waals surface area contributed by atoms with Crippen LogP contribution in [0.3, 0.4) is 0 Å². The molecular weight excluding hydrogens is 601 g/mol. The number of alkyl halides is 5. The van der Waals surface area contributed by atoms with Crippen molar-refractivity contribution in [2.45, 2.75) is 31.5 Å². The molecule has 2 amide bonds. The second-order valence-corrected chi connectivity index (χ2v) is 11.3. The summed E-state index contributed by atoms with van der Waals surface area (Å²) in [5.74, 6) is -3.27. The predicted octanol–water partition coefficient (Wildman–Crippen LogP) is 6.67. The van der Waals surface area contributed by atoms with Gasteiger partial charge in [-0.15, -0.1) is 11.3 Å². The summed E-state index contributed by atoms with van der Waals surface area (Å²) in [5, 5.41) is 2.71. The SMILES string of the molecule is Nc1ccc(/C=C/C(=O)NCc2ccc(-c3ccc(-c4ccc(C(=O)N5CCC(F)(F)CC5)cn4)cc3C(F)(F)F)s2)cn1. The lowest BCUT2D eigenvalue weighted by Crippen LogP contribution is -2.42. The molecule has 5 rings (SSSR count). The van der Waals surface area contributed by atoms with Crippen LogP contribution in [0.2, 0.25) is 0 Å². The molecule has 44 heavy (non-hydrogen) atoms. The van der Waals surface area contributed by atoms with Gasteiger partial charge in [0.25, 0.3) is 11.8 Å². The van der Waals surface area contributed by atoms with Crippen LogP contribution in [0.4, 0.5) is 27.8 Å². The van der Waals surface area contributed by atoms with E-state index in [1.54, 1.807) is 30.3 Å². The van der Waals surface area contributed by atoms with Crippen molar-refractivity contribution in [2.24, 2.45) is 0 Å². The molecule has 1 fully saturated rings. The fourth-order valence-corrected chi connectivity index (χ4v) is 5.59. The summed E-state index contributed by atoms with van der Waals surface area (Å²) in [6, 6.07) is 13.3. The maximum absolute atomic E-state index is 14.2. The Balaban J connectivity index is 1.27. The van der Waals surface area contributed by atoms with Crippen molar-refractivity contribution in [3.63, 3.8) is 0 Å². The van der Waals surface area contributed by atoms with E-state index in [1.807, 2.05) is 0 Å². The molecular formula is C31H26F5N5O2S. The average Bonchev–Trinajstić information content (AvgIpc) is 3.48. The highest BCUT2D eigenvalue weighted by atomic mass is 32.1. The summed E-state index contributed by atoms with van der Waals surface area (Å²) in [6.07, 6.45) is 0.149. The van der Waals surface area contributed by atoms with Crippen LogP contribution in [-0.4, -0.2) is 45.7 Å². The van der Waals surface area contributed by atoms with Crippen LogP contribution in [0.25, 0.3) is 27.8 Å². The van der Waals surface area contributed by atoms with E-state index in [0.717, 1.165) is 17.4 Å². The molecule has 4 aromatic rings. The van der Waals surface area contributed by atoms with Gasteiger partial charge >= 0.3 is 6.18 Å². The molecule has 0 aliphatic carbocycles. The van der Waals surface area contributed by atoms with Gasteiger partial charge in [-0.25, -0.2) is 13.8 Å². The summed E-state index contributed by atoms with van der Waals surface area (Å²) < 4.78 is 69.4. The van der Waals surface area contributed by atoms with Crippen LogP contribution in [0, 0.1) is 0 Å². The van der Waals surface area contributed by atoms with E-state index in [0.29, 0.717) is 21.1 Å². The first-order chi connectivity index (χ1) is 20.9. The third-order valence-corrected chi connectivity index (χ3v) is 8.13. The summed E-state index contributed by atoms with van der Waals surface area (Å²) in [4.78, 5) is 35.4. The molecule has 0 bridgehead atoms. The van der Waals surface area contributed by atoms with Gasteiger partial charge in [0.15, 0.2) is 0 Å². The molecule has 13 heteroatoms. The first-order valence-corrected chi connectivity index (χ1v) is 14.3. The standard InChI is InChI=1S/C31H26F5N5O2S/c32-30(33)11-13-41(14-12-30)29(43)21-4-7-25(38-17-21)20-3-6-23(24(15-20)31(34,35)36)26-8-5-22(44-26)18-40-28(42)10-2-19-1-9-27(37)39-16-19/h1-10,15-17H,11-14,18H2,(H2,37,39)(H,40,42)/b10-2+. The minimum atomic E-state index is -4.67. The Hall–Kier alpha value is -4.65. The number of nitrogens with one attached hydrogen (secondary N) is 1. The number of rotatable bonds is 7. The molecule has 7 nitrogen and oxygen atoms in total. The molecule has 1 aliphatic heterocycles. The Kier molecular flexibility index (Phi) is 8.77. The second kappa shape index (κ2) is 12.5. The number of anilines is 1. The van der Waals surface area contributed by atoms with Gasteiger partial charge in [0.1, 0.15) is 5.82 Å². The number of halogens is 5. The maximum atomic E-state index is 14.2. The zero-order valence-corrected chi connectivity index (χ0v) is 23.9. The van der Waals surface area contributed by atoms with Gasteiger partial charge in [-0.2, -0.15) is 13.2 Å². The molecule has 0 unspecified atom stereocenters. The minimum Gasteiger partial charge on any atom is -0.384 e. The number of hydrogen-bond donors (Lipinski definition) is 2. The van der Waals surface area contributed by atoms with E-state index in [2.05, 4.69) is 15.3 Å². The van der Waals surface area contributed by atoms with Crippen LogP contribution < -0.4 is 11.1 Å². The Labute approximate surface area is 253 Å². The molecule has 1 aliphatic rings. The molecule has 3 N–H and O–H groups in total. The number of thiophene rings is 1. The van der Waals surface area contributed by atoms with E-state index in [4.69, 9.17) is 5.73 Å². The average molecular weight is 628 g/mol. The number of aromatic nitrogens is 2. The van der Waals surface area contributed by atoms with Crippen molar-refractivity contribution in [3.05, 3.63) is 94.6 Å². The van der Waals surface area contributed by atoms with E-state index in [9.17, 15) is 31.5 Å². The molecule has 1 aromatic carbocycles. The number of nitrogens with zero attached hydrogens (tertiary/aromatic N) is 3. The molecule has 4 heterocycles. The van der Waals surface area contributed by atoms with Gasteiger partial charge < -0.3 is 16.0 Å². The van der Waals surface area contributed by atoms with Crippen molar-refractivity contribution >= 4 is 35.0 Å². The van der Waals surface area contributed by atoms with Crippen molar-refractivity contribution in [2.75, 3.05) is 18.8 Å². The second-order valence-electron chi connectivity index (χ2n) is 10.2. The number of nitrogens with two attached hydrogens (primary N) is 1.